The van der Waals surface area contributed by atoms with E-state index in [1.54, 1.807) is 7.11 Å². The topological polar surface area (TPSA) is 59.6 Å². The van der Waals surface area contributed by atoms with Gasteiger partial charge in [-0.05, 0) is 48.7 Å². The van der Waals surface area contributed by atoms with E-state index < -0.39 is 0 Å². The maximum atomic E-state index is 5.89. The molecule has 0 amide bonds. The van der Waals surface area contributed by atoms with E-state index in [0.29, 0.717) is 12.5 Å². The van der Waals surface area contributed by atoms with Gasteiger partial charge in [-0.15, -0.1) is 24.0 Å². The number of nitrogens with one attached hydrogen (secondary N) is 1. The number of ether oxygens (including phenoxy) is 1. The lowest BCUT2D eigenvalue weighted by Crippen LogP contribution is -2.23. The van der Waals surface area contributed by atoms with E-state index in [4.69, 9.17) is 10.5 Å². The smallest absolute Gasteiger partial charge is 0.193 e. The highest BCUT2D eigenvalue weighted by Gasteiger charge is 1.98. The highest BCUT2D eigenvalue weighted by Crippen LogP contribution is 2.14. The number of benzene rings is 2. The Hall–Kier alpha value is -1.76. The van der Waals surface area contributed by atoms with Gasteiger partial charge in [0.15, 0.2) is 5.96 Å². The second-order valence-corrected chi connectivity index (χ2v) is 4.80. The zero-order valence-electron chi connectivity index (χ0n) is 12.9. The van der Waals surface area contributed by atoms with Crippen LogP contribution in [-0.2, 0) is 6.42 Å². The van der Waals surface area contributed by atoms with Gasteiger partial charge in [0.2, 0.25) is 0 Å². The third kappa shape index (κ3) is 5.55. The maximum absolute atomic E-state index is 5.89. The first kappa shape index (κ1) is 18.3. The van der Waals surface area contributed by atoms with Gasteiger partial charge < -0.3 is 15.8 Å². The van der Waals surface area contributed by atoms with Crippen LogP contribution in [0.5, 0.6) is 5.75 Å². The van der Waals surface area contributed by atoms with Crippen molar-refractivity contribution in [2.24, 2.45) is 10.7 Å². The molecule has 0 aliphatic carbocycles. The van der Waals surface area contributed by atoms with Crippen molar-refractivity contribution in [3.8, 4) is 5.75 Å². The van der Waals surface area contributed by atoms with Gasteiger partial charge in [-0.25, -0.2) is 0 Å². The number of halogens is 1. The first-order valence-corrected chi connectivity index (χ1v) is 6.94. The van der Waals surface area contributed by atoms with Gasteiger partial charge in [-0.2, -0.15) is 0 Å². The average Bonchev–Trinajstić information content (AvgIpc) is 2.50. The van der Waals surface area contributed by atoms with Crippen molar-refractivity contribution in [3.05, 3.63) is 59.7 Å². The number of anilines is 1. The summed E-state index contributed by atoms with van der Waals surface area (Å²) < 4.78 is 5.11. The highest BCUT2D eigenvalue weighted by molar-refractivity contribution is 14.0. The van der Waals surface area contributed by atoms with E-state index >= 15 is 0 Å². The molecule has 0 aliphatic rings. The number of rotatable bonds is 5. The van der Waals surface area contributed by atoms with E-state index in [9.17, 15) is 0 Å². The molecule has 2 aromatic rings. The lowest BCUT2D eigenvalue weighted by Gasteiger charge is -2.07. The summed E-state index contributed by atoms with van der Waals surface area (Å²) >= 11 is 0. The summed E-state index contributed by atoms with van der Waals surface area (Å²) in [4.78, 5) is 4.35. The average molecular weight is 411 g/mol. The van der Waals surface area contributed by atoms with Crippen LogP contribution < -0.4 is 15.8 Å². The summed E-state index contributed by atoms with van der Waals surface area (Å²) in [6.07, 6.45) is 0.887. The normalized spacial score (nSPS) is 10.7. The molecule has 0 spiro atoms. The second-order valence-electron chi connectivity index (χ2n) is 4.80. The first-order valence-electron chi connectivity index (χ1n) is 6.94. The monoisotopic (exact) mass is 411 g/mol. The van der Waals surface area contributed by atoms with Crippen LogP contribution >= 0.6 is 24.0 Å². The number of guanidine groups is 1. The van der Waals surface area contributed by atoms with Crippen LogP contribution in [0, 0.1) is 6.92 Å². The minimum Gasteiger partial charge on any atom is -0.497 e. The van der Waals surface area contributed by atoms with Crippen LogP contribution in [-0.4, -0.2) is 19.6 Å². The largest absolute Gasteiger partial charge is 0.497 e. The van der Waals surface area contributed by atoms with Gasteiger partial charge in [-0.1, -0.05) is 24.3 Å². The number of nitrogens with two attached hydrogens (primary N) is 1. The van der Waals surface area contributed by atoms with Gasteiger partial charge in [-0.3, -0.25) is 4.99 Å². The Morgan fingerprint density at radius 2 is 1.82 bits per heavy atom. The molecule has 0 saturated carbocycles. The summed E-state index contributed by atoms with van der Waals surface area (Å²) in [5, 5.41) is 3.07. The number of hydrogen-bond acceptors (Lipinski definition) is 2. The highest BCUT2D eigenvalue weighted by atomic mass is 127. The Labute approximate surface area is 148 Å². The van der Waals surface area contributed by atoms with Crippen molar-refractivity contribution in [2.75, 3.05) is 19.0 Å². The van der Waals surface area contributed by atoms with Gasteiger partial charge >= 0.3 is 0 Å². The molecule has 118 valence electrons. The van der Waals surface area contributed by atoms with Crippen molar-refractivity contribution in [1.82, 2.24) is 0 Å². The summed E-state index contributed by atoms with van der Waals surface area (Å²) in [6.45, 7) is 2.78. The molecule has 0 radical (unpaired) electrons. The number of hydrogen-bond donors (Lipinski definition) is 2. The van der Waals surface area contributed by atoms with Crippen molar-refractivity contribution < 1.29 is 4.74 Å². The van der Waals surface area contributed by atoms with E-state index in [-0.39, 0.29) is 24.0 Å². The van der Waals surface area contributed by atoms with Gasteiger partial charge in [0.25, 0.3) is 0 Å². The molecule has 2 aromatic carbocycles. The quantitative estimate of drug-likeness (QED) is 0.449. The van der Waals surface area contributed by atoms with E-state index in [1.165, 1.54) is 11.1 Å². The molecule has 0 fully saturated rings. The fourth-order valence-corrected chi connectivity index (χ4v) is 2.05. The van der Waals surface area contributed by atoms with Crippen molar-refractivity contribution in [2.45, 2.75) is 13.3 Å². The van der Waals surface area contributed by atoms with Crippen LogP contribution in [0.25, 0.3) is 0 Å². The molecule has 0 aromatic heterocycles. The minimum absolute atomic E-state index is 0. The predicted molar refractivity (Wildman–Crippen MR) is 103 cm³/mol. The predicted octanol–water partition coefficient (Wildman–Crippen LogP) is 3.59. The Morgan fingerprint density at radius 3 is 2.45 bits per heavy atom. The fraction of sp³-hybridized carbons (Fsp3) is 0.235. The van der Waals surface area contributed by atoms with Crippen LogP contribution in [0.2, 0.25) is 0 Å². The summed E-state index contributed by atoms with van der Waals surface area (Å²) in [5.41, 5.74) is 9.37. The zero-order valence-corrected chi connectivity index (χ0v) is 15.2. The Kier molecular flexibility index (Phi) is 7.73. The third-order valence-corrected chi connectivity index (χ3v) is 3.29. The number of nitrogens with zero attached hydrogens (tertiary/aromatic N) is 1. The standard InChI is InChI=1S/C17H21N3O.HI/c1-13-5-3-4-6-14(13)11-12-19-17(18)20-15-7-9-16(21-2)10-8-15;/h3-10H,11-12H2,1-2H3,(H3,18,19,20);1H. The molecule has 0 unspecified atom stereocenters. The molecule has 0 atom stereocenters. The van der Waals surface area contributed by atoms with Crippen LogP contribution in [0.1, 0.15) is 11.1 Å². The molecule has 22 heavy (non-hydrogen) atoms. The Balaban J connectivity index is 0.00000242. The molecule has 4 nitrogen and oxygen atoms in total. The molecule has 5 heteroatoms. The van der Waals surface area contributed by atoms with E-state index in [1.807, 2.05) is 36.4 Å². The molecule has 0 saturated heterocycles. The molecular formula is C17H22IN3O. The van der Waals surface area contributed by atoms with Crippen LogP contribution in [0.15, 0.2) is 53.5 Å². The summed E-state index contributed by atoms with van der Waals surface area (Å²) in [5.74, 6) is 1.24. The molecule has 3 N–H and O–H groups in total. The van der Waals surface area contributed by atoms with Crippen LogP contribution in [0.4, 0.5) is 5.69 Å². The van der Waals surface area contributed by atoms with E-state index in [0.717, 1.165) is 17.9 Å². The Bertz CT molecular complexity index is 612. The fourth-order valence-electron chi connectivity index (χ4n) is 2.05. The first-order chi connectivity index (χ1) is 10.2. The molecule has 2 rings (SSSR count). The van der Waals surface area contributed by atoms with Crippen molar-refractivity contribution in [3.63, 3.8) is 0 Å². The van der Waals surface area contributed by atoms with Crippen molar-refractivity contribution >= 4 is 35.6 Å². The maximum Gasteiger partial charge on any atom is 0.193 e. The van der Waals surface area contributed by atoms with Gasteiger partial charge in [0.1, 0.15) is 5.75 Å². The van der Waals surface area contributed by atoms with Crippen molar-refractivity contribution in [1.29, 1.82) is 0 Å². The molecule has 0 aliphatic heterocycles. The molecule has 0 bridgehead atoms. The number of aryl methyl sites for hydroxylation is 1. The summed E-state index contributed by atoms with van der Waals surface area (Å²) in [7, 11) is 1.64. The zero-order chi connectivity index (χ0) is 15.1. The second kappa shape index (κ2) is 9.30. The third-order valence-electron chi connectivity index (χ3n) is 3.29. The lowest BCUT2D eigenvalue weighted by atomic mass is 10.1. The van der Waals surface area contributed by atoms with Gasteiger partial charge in [0, 0.05) is 12.2 Å². The SMILES string of the molecule is COc1ccc(NC(N)=NCCc2ccccc2C)cc1.I. The van der Waals surface area contributed by atoms with Gasteiger partial charge in [0.05, 0.1) is 7.11 Å². The van der Waals surface area contributed by atoms with E-state index in [2.05, 4.69) is 29.4 Å². The summed E-state index contributed by atoms with van der Waals surface area (Å²) in [6, 6.07) is 15.9. The number of methoxy groups -OCH3 is 1. The van der Waals surface area contributed by atoms with Crippen LogP contribution in [0.3, 0.4) is 0 Å². The lowest BCUT2D eigenvalue weighted by molar-refractivity contribution is 0.415. The minimum atomic E-state index is 0. The molecular weight excluding hydrogens is 389 g/mol. The number of aliphatic imine (C=N–C) groups is 1. The Morgan fingerprint density at radius 1 is 1.14 bits per heavy atom. The molecule has 0 heterocycles.